The lowest BCUT2D eigenvalue weighted by molar-refractivity contribution is -0.115. The number of halogens is 2. The third-order valence-corrected chi connectivity index (χ3v) is 7.28. The van der Waals surface area contributed by atoms with Gasteiger partial charge in [0.1, 0.15) is 5.58 Å². The summed E-state index contributed by atoms with van der Waals surface area (Å²) >= 11 is 6.79. The molecule has 172 valence electrons. The summed E-state index contributed by atoms with van der Waals surface area (Å²) in [5.41, 5.74) is 1.35. The highest BCUT2D eigenvalue weighted by Gasteiger charge is 2.47. The average molecular weight is 593 g/mol. The van der Waals surface area contributed by atoms with E-state index in [2.05, 4.69) is 37.2 Å². The van der Waals surface area contributed by atoms with E-state index in [1.165, 1.54) is 0 Å². The molecule has 6 rings (SSSR count). The van der Waals surface area contributed by atoms with E-state index in [0.717, 1.165) is 8.95 Å². The topological polar surface area (TPSA) is 85.6 Å². The molecule has 1 aromatic heterocycles. The van der Waals surface area contributed by atoms with Crippen LogP contribution < -0.4 is 15.7 Å². The van der Waals surface area contributed by atoms with Crippen molar-refractivity contribution in [2.45, 2.75) is 12.0 Å². The first-order valence-corrected chi connectivity index (χ1v) is 12.3. The summed E-state index contributed by atoms with van der Waals surface area (Å²) in [6.45, 7) is 0. The number of ether oxygens (including phenoxy) is 1. The van der Waals surface area contributed by atoms with E-state index in [-0.39, 0.29) is 22.8 Å². The maximum atomic E-state index is 13.7. The van der Waals surface area contributed by atoms with Crippen LogP contribution in [0.4, 0.5) is 0 Å². The number of carbonyl (C=O) groups excluding carboxylic acids is 2. The Labute approximate surface area is 215 Å². The summed E-state index contributed by atoms with van der Waals surface area (Å²) in [7, 11) is 0. The highest BCUT2D eigenvalue weighted by molar-refractivity contribution is 9.10. The van der Waals surface area contributed by atoms with Crippen LogP contribution in [0.25, 0.3) is 11.0 Å². The van der Waals surface area contributed by atoms with Crippen LogP contribution in [0.5, 0.6) is 5.75 Å². The van der Waals surface area contributed by atoms with Gasteiger partial charge in [0, 0.05) is 14.5 Å². The van der Waals surface area contributed by atoms with Gasteiger partial charge >= 0.3 is 5.63 Å². The van der Waals surface area contributed by atoms with Crippen LogP contribution in [-0.2, 0) is 4.79 Å². The summed E-state index contributed by atoms with van der Waals surface area (Å²) in [6.07, 6.45) is 0. The molecule has 0 radical (unpaired) electrons. The molecular weight excluding hydrogens is 578 g/mol. The van der Waals surface area contributed by atoms with Crippen molar-refractivity contribution in [3.8, 4) is 5.75 Å². The fourth-order valence-electron chi connectivity index (χ4n) is 4.59. The molecule has 35 heavy (non-hydrogen) atoms. The second kappa shape index (κ2) is 8.32. The maximum Gasteiger partial charge on any atom is 0.344 e. The molecule has 0 aliphatic carbocycles. The summed E-state index contributed by atoms with van der Waals surface area (Å²) in [4.78, 5) is 40.2. The lowest BCUT2D eigenvalue weighted by Gasteiger charge is -2.26. The molecule has 6 nitrogen and oxygen atoms in total. The van der Waals surface area contributed by atoms with Crippen LogP contribution in [0.1, 0.15) is 27.4 Å². The Bertz CT molecular complexity index is 1620. The van der Waals surface area contributed by atoms with Gasteiger partial charge in [0.25, 0.3) is 0 Å². The normalized spacial score (nSPS) is 18.6. The van der Waals surface area contributed by atoms with E-state index in [9.17, 15) is 14.4 Å². The smallest absolute Gasteiger partial charge is 0.344 e. The number of hydrogen-bond donors (Lipinski definition) is 1. The van der Waals surface area contributed by atoms with Gasteiger partial charge in [-0.05, 0) is 42.0 Å². The monoisotopic (exact) mass is 591 g/mol. The molecule has 2 aliphatic heterocycles. The number of ketones is 2. The van der Waals surface area contributed by atoms with Crippen LogP contribution >= 0.6 is 31.9 Å². The van der Waals surface area contributed by atoms with Crippen molar-refractivity contribution < 1.29 is 18.7 Å². The summed E-state index contributed by atoms with van der Waals surface area (Å²) in [5, 5.41) is 3.60. The van der Waals surface area contributed by atoms with Crippen LogP contribution in [0.15, 0.2) is 102 Å². The Hall–Kier alpha value is -3.49. The zero-order valence-electron chi connectivity index (χ0n) is 17.9. The summed E-state index contributed by atoms with van der Waals surface area (Å²) in [5.74, 6) is -1.07. The summed E-state index contributed by atoms with van der Waals surface area (Å²) in [6, 6.07) is 20.0. The quantitative estimate of drug-likeness (QED) is 0.193. The molecule has 8 heteroatoms. The van der Waals surface area contributed by atoms with Gasteiger partial charge in [0.15, 0.2) is 23.4 Å². The summed E-state index contributed by atoms with van der Waals surface area (Å²) < 4.78 is 13.4. The zero-order chi connectivity index (χ0) is 24.3. The van der Waals surface area contributed by atoms with Crippen LogP contribution in [0.2, 0.25) is 0 Å². The minimum Gasteiger partial charge on any atom is -0.440 e. The first-order valence-electron chi connectivity index (χ1n) is 10.8. The largest absolute Gasteiger partial charge is 0.440 e. The van der Waals surface area contributed by atoms with Crippen molar-refractivity contribution >= 4 is 54.4 Å². The number of para-hydroxylation sites is 1. The van der Waals surface area contributed by atoms with Gasteiger partial charge in [0.2, 0.25) is 5.88 Å². The molecule has 4 aromatic rings. The molecule has 0 spiro atoms. The lowest BCUT2D eigenvalue weighted by Crippen LogP contribution is -2.38. The minimum absolute atomic E-state index is 0.182. The van der Waals surface area contributed by atoms with Gasteiger partial charge in [-0.3, -0.25) is 9.59 Å². The van der Waals surface area contributed by atoms with Crippen molar-refractivity contribution in [3.63, 3.8) is 0 Å². The van der Waals surface area contributed by atoms with E-state index in [1.807, 2.05) is 30.3 Å². The molecule has 0 saturated heterocycles. The predicted molar refractivity (Wildman–Crippen MR) is 137 cm³/mol. The van der Waals surface area contributed by atoms with Crippen molar-refractivity contribution in [1.29, 1.82) is 0 Å². The fraction of sp³-hybridized carbons (Fsp3) is 0.0741. The minimum atomic E-state index is -1.16. The molecule has 3 aromatic carbocycles. The third kappa shape index (κ3) is 3.56. The lowest BCUT2D eigenvalue weighted by atomic mass is 9.81. The number of carbonyl (C=O) groups is 2. The molecule has 0 fully saturated rings. The SMILES string of the molecule is O=C1C2=C(N[C@H]1C(=O)c1ccc(Br)cc1)Oc1c(c(=O)oc3ccccc13)[C@H]2c1ccc(Br)cc1. The Morgan fingerprint density at radius 3 is 2.23 bits per heavy atom. The number of benzene rings is 3. The van der Waals surface area contributed by atoms with Gasteiger partial charge in [0.05, 0.1) is 22.4 Å². The second-order valence-corrected chi connectivity index (χ2v) is 10.1. The van der Waals surface area contributed by atoms with Crippen LogP contribution in [-0.4, -0.2) is 17.6 Å². The Morgan fingerprint density at radius 2 is 1.51 bits per heavy atom. The third-order valence-electron chi connectivity index (χ3n) is 6.22. The van der Waals surface area contributed by atoms with Crippen molar-refractivity contribution in [2.75, 3.05) is 0 Å². The molecule has 0 amide bonds. The number of rotatable bonds is 3. The van der Waals surface area contributed by atoms with Crippen molar-refractivity contribution in [1.82, 2.24) is 5.32 Å². The van der Waals surface area contributed by atoms with Crippen LogP contribution in [0.3, 0.4) is 0 Å². The Kier molecular flexibility index (Phi) is 5.23. The standard InChI is InChI=1S/C27H15Br2NO5/c28-15-9-5-13(6-10-15)19-20-24(32)22(23(31)14-7-11-16(29)12-8-14)30-26(20)35-25-17-3-1-2-4-18(17)34-27(33)21(19)25/h1-12,19,22,30H/t19-,22-/m0/s1. The molecule has 2 aliphatic rings. The molecule has 0 bridgehead atoms. The second-order valence-electron chi connectivity index (χ2n) is 8.27. The molecule has 0 unspecified atom stereocenters. The highest BCUT2D eigenvalue weighted by atomic mass is 79.9. The molecule has 0 saturated carbocycles. The number of hydrogen-bond acceptors (Lipinski definition) is 6. The maximum absolute atomic E-state index is 13.7. The van der Waals surface area contributed by atoms with E-state index in [0.29, 0.717) is 27.8 Å². The van der Waals surface area contributed by atoms with E-state index in [4.69, 9.17) is 9.15 Å². The Balaban J connectivity index is 1.52. The Morgan fingerprint density at radius 1 is 0.857 bits per heavy atom. The van der Waals surface area contributed by atoms with Gasteiger partial charge in [-0.15, -0.1) is 0 Å². The molecule has 2 atom stereocenters. The van der Waals surface area contributed by atoms with Gasteiger partial charge < -0.3 is 14.5 Å². The van der Waals surface area contributed by atoms with Crippen molar-refractivity contribution in [3.05, 3.63) is 120 Å². The average Bonchev–Trinajstić information content (AvgIpc) is 3.19. The first kappa shape index (κ1) is 22.0. The van der Waals surface area contributed by atoms with E-state index in [1.54, 1.807) is 42.5 Å². The first-order chi connectivity index (χ1) is 16.9. The van der Waals surface area contributed by atoms with Crippen LogP contribution in [0, 0.1) is 0 Å². The zero-order valence-corrected chi connectivity index (χ0v) is 21.1. The molecule has 3 heterocycles. The van der Waals surface area contributed by atoms with Gasteiger partial charge in [-0.25, -0.2) is 4.79 Å². The van der Waals surface area contributed by atoms with Gasteiger partial charge in [-0.1, -0.05) is 68.3 Å². The molecular formula is C27H15Br2NO5. The number of Topliss-reactive ketones (excluding diaryl/α,β-unsaturated/α-hetero) is 2. The van der Waals surface area contributed by atoms with E-state index >= 15 is 0 Å². The predicted octanol–water partition coefficient (Wildman–Crippen LogP) is 5.48. The highest BCUT2D eigenvalue weighted by Crippen LogP contribution is 2.46. The fourth-order valence-corrected chi connectivity index (χ4v) is 5.12. The van der Waals surface area contributed by atoms with Crippen molar-refractivity contribution in [2.24, 2.45) is 0 Å². The van der Waals surface area contributed by atoms with E-state index < -0.39 is 23.4 Å². The van der Waals surface area contributed by atoms with Gasteiger partial charge in [-0.2, -0.15) is 0 Å². The number of nitrogens with one attached hydrogen (secondary N) is 1. The number of fused-ring (bicyclic) bond motifs is 3. The molecule has 1 N–H and O–H groups in total.